The zero-order valence-electron chi connectivity index (χ0n) is 11.7. The van der Waals surface area contributed by atoms with Crippen LogP contribution in [0.2, 0.25) is 0 Å². The molecular weight excluding hydrogens is 251 g/mol. The molecule has 0 saturated carbocycles. The zero-order valence-corrected chi connectivity index (χ0v) is 11.7. The average molecular weight is 270 g/mol. The third-order valence-corrected chi connectivity index (χ3v) is 3.46. The maximum absolute atomic E-state index is 13.2. The maximum Gasteiger partial charge on any atom is 0.137 e. The van der Waals surface area contributed by atoms with Crippen LogP contribution in [0.3, 0.4) is 0 Å². The van der Waals surface area contributed by atoms with Gasteiger partial charge in [-0.05, 0) is 48.6 Å². The first-order chi connectivity index (χ1) is 9.65. The molecule has 0 bridgehead atoms. The van der Waals surface area contributed by atoms with Crippen LogP contribution in [0.5, 0.6) is 0 Å². The van der Waals surface area contributed by atoms with E-state index in [2.05, 4.69) is 12.1 Å². The van der Waals surface area contributed by atoms with E-state index in [0.717, 1.165) is 24.0 Å². The summed E-state index contributed by atoms with van der Waals surface area (Å²) in [6, 6.07) is 14.8. The molecule has 0 amide bonds. The summed E-state index contributed by atoms with van der Waals surface area (Å²) in [4.78, 5) is 11.9. The molecule has 20 heavy (non-hydrogen) atoms. The van der Waals surface area contributed by atoms with Gasteiger partial charge in [-0.15, -0.1) is 0 Å². The minimum Gasteiger partial charge on any atom is -0.299 e. The highest BCUT2D eigenvalue weighted by Gasteiger charge is 2.07. The van der Waals surface area contributed by atoms with Crippen molar-refractivity contribution in [1.82, 2.24) is 0 Å². The molecule has 0 heterocycles. The van der Waals surface area contributed by atoms with Gasteiger partial charge in [-0.1, -0.05) is 36.4 Å². The number of Topliss-reactive ketones (excluding diaryl/α,β-unsaturated/α-hetero) is 1. The standard InChI is InChI=1S/C18H19FO/c1-14-10-11-17(19)12-16(14)13-18(20)9-5-8-15-6-3-2-4-7-15/h2-4,6-7,10-12H,5,8-9,13H2,1H3. The van der Waals surface area contributed by atoms with Gasteiger partial charge < -0.3 is 0 Å². The number of hydrogen-bond acceptors (Lipinski definition) is 1. The highest BCUT2D eigenvalue weighted by Crippen LogP contribution is 2.13. The van der Waals surface area contributed by atoms with Gasteiger partial charge >= 0.3 is 0 Å². The Morgan fingerprint density at radius 1 is 1.10 bits per heavy atom. The van der Waals surface area contributed by atoms with E-state index in [0.29, 0.717) is 12.8 Å². The fourth-order valence-corrected chi connectivity index (χ4v) is 2.27. The van der Waals surface area contributed by atoms with Crippen LogP contribution in [0.4, 0.5) is 4.39 Å². The second kappa shape index (κ2) is 6.99. The number of carbonyl (C=O) groups is 1. The second-order valence-corrected chi connectivity index (χ2v) is 5.13. The Morgan fingerprint density at radius 2 is 1.85 bits per heavy atom. The van der Waals surface area contributed by atoms with Crippen LogP contribution in [0, 0.1) is 12.7 Å². The predicted molar refractivity (Wildman–Crippen MR) is 79.2 cm³/mol. The van der Waals surface area contributed by atoms with E-state index in [1.165, 1.54) is 17.7 Å². The van der Waals surface area contributed by atoms with Crippen LogP contribution in [0.1, 0.15) is 29.5 Å². The highest BCUT2D eigenvalue weighted by molar-refractivity contribution is 5.81. The monoisotopic (exact) mass is 270 g/mol. The molecule has 0 aliphatic heterocycles. The Bertz CT molecular complexity index is 575. The van der Waals surface area contributed by atoms with Gasteiger partial charge in [-0.3, -0.25) is 4.79 Å². The molecule has 2 aromatic rings. The third-order valence-electron chi connectivity index (χ3n) is 3.46. The minimum atomic E-state index is -0.275. The second-order valence-electron chi connectivity index (χ2n) is 5.13. The number of hydrogen-bond donors (Lipinski definition) is 0. The minimum absolute atomic E-state index is 0.176. The van der Waals surface area contributed by atoms with Crippen LogP contribution in [-0.4, -0.2) is 5.78 Å². The van der Waals surface area contributed by atoms with E-state index in [1.54, 1.807) is 6.07 Å². The summed E-state index contributed by atoms with van der Waals surface area (Å²) in [5.74, 6) is -0.0997. The molecule has 0 aliphatic carbocycles. The number of ketones is 1. The molecule has 0 saturated heterocycles. The molecule has 0 atom stereocenters. The van der Waals surface area contributed by atoms with Crippen molar-refractivity contribution in [1.29, 1.82) is 0 Å². The lowest BCUT2D eigenvalue weighted by Crippen LogP contribution is -2.05. The lowest BCUT2D eigenvalue weighted by molar-refractivity contribution is -0.118. The average Bonchev–Trinajstić information content (AvgIpc) is 2.44. The van der Waals surface area contributed by atoms with Crippen molar-refractivity contribution in [3.05, 3.63) is 71.0 Å². The first kappa shape index (κ1) is 14.4. The van der Waals surface area contributed by atoms with Crippen molar-refractivity contribution in [3.63, 3.8) is 0 Å². The molecule has 0 N–H and O–H groups in total. The molecule has 1 nitrogen and oxygen atoms in total. The molecule has 0 aromatic heterocycles. The van der Waals surface area contributed by atoms with E-state index in [9.17, 15) is 9.18 Å². The van der Waals surface area contributed by atoms with Gasteiger partial charge in [0.2, 0.25) is 0 Å². The zero-order chi connectivity index (χ0) is 14.4. The smallest absolute Gasteiger partial charge is 0.137 e. The number of halogens is 1. The Balaban J connectivity index is 1.82. The molecule has 0 aliphatic rings. The lowest BCUT2D eigenvalue weighted by atomic mass is 9.99. The summed E-state index contributed by atoms with van der Waals surface area (Å²) >= 11 is 0. The van der Waals surface area contributed by atoms with E-state index in [-0.39, 0.29) is 11.6 Å². The third kappa shape index (κ3) is 4.30. The van der Waals surface area contributed by atoms with Crippen LogP contribution < -0.4 is 0 Å². The summed E-state index contributed by atoms with van der Waals surface area (Å²) in [7, 11) is 0. The lowest BCUT2D eigenvalue weighted by Gasteiger charge is -2.05. The molecule has 2 aromatic carbocycles. The largest absolute Gasteiger partial charge is 0.299 e. The maximum atomic E-state index is 13.2. The van der Waals surface area contributed by atoms with Crippen molar-refractivity contribution in [2.75, 3.05) is 0 Å². The van der Waals surface area contributed by atoms with Gasteiger partial charge in [0.15, 0.2) is 0 Å². The normalized spacial score (nSPS) is 10.5. The van der Waals surface area contributed by atoms with Gasteiger partial charge in [0, 0.05) is 12.8 Å². The van der Waals surface area contributed by atoms with E-state index < -0.39 is 0 Å². The molecule has 0 radical (unpaired) electrons. The molecule has 0 unspecified atom stereocenters. The van der Waals surface area contributed by atoms with Gasteiger partial charge in [0.05, 0.1) is 0 Å². The van der Waals surface area contributed by atoms with Gasteiger partial charge in [0.1, 0.15) is 11.6 Å². The summed E-state index contributed by atoms with van der Waals surface area (Å²) in [6.07, 6.45) is 2.63. The number of carbonyl (C=O) groups excluding carboxylic acids is 1. The highest BCUT2D eigenvalue weighted by atomic mass is 19.1. The molecule has 104 valence electrons. The topological polar surface area (TPSA) is 17.1 Å². The van der Waals surface area contributed by atoms with Crippen molar-refractivity contribution in [2.24, 2.45) is 0 Å². The van der Waals surface area contributed by atoms with Crippen molar-refractivity contribution >= 4 is 5.78 Å². The van der Waals surface area contributed by atoms with E-state index in [4.69, 9.17) is 0 Å². The van der Waals surface area contributed by atoms with Crippen molar-refractivity contribution in [3.8, 4) is 0 Å². The van der Waals surface area contributed by atoms with E-state index in [1.807, 2.05) is 25.1 Å². The number of rotatable bonds is 6. The predicted octanol–water partition coefficient (Wildman–Crippen LogP) is 4.27. The summed E-state index contributed by atoms with van der Waals surface area (Å²) in [6.45, 7) is 1.91. The summed E-state index contributed by atoms with van der Waals surface area (Å²) in [5, 5.41) is 0. The van der Waals surface area contributed by atoms with Crippen LogP contribution in [-0.2, 0) is 17.6 Å². The molecular formula is C18H19FO. The summed E-state index contributed by atoms with van der Waals surface area (Å²) < 4.78 is 13.2. The van der Waals surface area contributed by atoms with Crippen LogP contribution in [0.15, 0.2) is 48.5 Å². The number of benzene rings is 2. The van der Waals surface area contributed by atoms with Crippen LogP contribution in [0.25, 0.3) is 0 Å². The Morgan fingerprint density at radius 3 is 2.60 bits per heavy atom. The quantitative estimate of drug-likeness (QED) is 0.766. The molecule has 2 heteroatoms. The Hall–Kier alpha value is -1.96. The summed E-state index contributed by atoms with van der Waals surface area (Å²) in [5.41, 5.74) is 3.03. The van der Waals surface area contributed by atoms with Gasteiger partial charge in [-0.2, -0.15) is 0 Å². The van der Waals surface area contributed by atoms with Gasteiger partial charge in [-0.25, -0.2) is 4.39 Å². The molecule has 0 spiro atoms. The molecule has 2 rings (SSSR count). The fourth-order valence-electron chi connectivity index (χ4n) is 2.27. The van der Waals surface area contributed by atoms with Crippen molar-refractivity contribution < 1.29 is 9.18 Å². The first-order valence-electron chi connectivity index (χ1n) is 6.96. The Labute approximate surface area is 119 Å². The van der Waals surface area contributed by atoms with Crippen LogP contribution >= 0.6 is 0 Å². The fraction of sp³-hybridized carbons (Fsp3) is 0.278. The van der Waals surface area contributed by atoms with E-state index >= 15 is 0 Å². The SMILES string of the molecule is Cc1ccc(F)cc1CC(=O)CCCc1ccccc1. The van der Waals surface area contributed by atoms with Crippen molar-refractivity contribution in [2.45, 2.75) is 32.6 Å². The number of aryl methyl sites for hydroxylation is 2. The van der Waals surface area contributed by atoms with Gasteiger partial charge in [0.25, 0.3) is 0 Å². The first-order valence-corrected chi connectivity index (χ1v) is 6.96. The Kier molecular flexibility index (Phi) is 5.05. The molecule has 0 fully saturated rings.